The fourth-order valence-corrected chi connectivity index (χ4v) is 0.645. The Morgan fingerprint density at radius 3 is 1.25 bits per heavy atom. The fraction of sp³-hybridized carbons (Fsp3) is 0.692. The van der Waals surface area contributed by atoms with Crippen molar-refractivity contribution in [2.45, 2.75) is 20.8 Å². The summed E-state index contributed by atoms with van der Waals surface area (Å²) in [6.45, 7) is 4.95. The Morgan fingerprint density at radius 1 is 0.950 bits per heavy atom. The van der Waals surface area contributed by atoms with Gasteiger partial charge in [-0.3, -0.25) is 0 Å². The minimum absolute atomic E-state index is 0.167. The Hall–Kier alpha value is -1.68. The van der Waals surface area contributed by atoms with Crippen LogP contribution in [-0.2, 0) is 4.79 Å². The lowest BCUT2D eigenvalue weighted by molar-refractivity contribution is -0.114. The predicted molar refractivity (Wildman–Crippen MR) is 88.7 cm³/mol. The summed E-state index contributed by atoms with van der Waals surface area (Å²) in [4.78, 5) is 19.4. The molecule has 116 valence electrons. The van der Waals surface area contributed by atoms with E-state index in [9.17, 15) is 4.79 Å². The van der Waals surface area contributed by atoms with Crippen molar-refractivity contribution in [3.63, 3.8) is 0 Å². The van der Waals surface area contributed by atoms with Crippen LogP contribution in [0.3, 0.4) is 0 Å². The molecule has 0 saturated heterocycles. The first kappa shape index (κ1) is 23.4. The molecule has 0 radical (unpaired) electrons. The van der Waals surface area contributed by atoms with Gasteiger partial charge >= 0.3 is 0 Å². The van der Waals surface area contributed by atoms with Gasteiger partial charge in [-0.1, -0.05) is 12.2 Å². The second-order valence-corrected chi connectivity index (χ2v) is 5.21. The normalized spacial score (nSPS) is 7.60. The molecule has 0 amide bonds. The molecule has 0 heterocycles. The average molecular weight is 301 g/mol. The maximum Gasteiger partial charge on any atom is 0.211 e. The fourth-order valence-electron chi connectivity index (χ4n) is 0.645. The number of carbonyl (C=O) groups is 1. The van der Waals surface area contributed by atoms with Gasteiger partial charge in [0.15, 0.2) is 0 Å². The van der Waals surface area contributed by atoms with Crippen molar-refractivity contribution >= 4 is 28.9 Å². The molecule has 0 saturated carbocycles. The van der Waals surface area contributed by atoms with Crippen LogP contribution in [-0.4, -0.2) is 73.7 Å². The zero-order valence-corrected chi connectivity index (χ0v) is 14.9. The van der Waals surface area contributed by atoms with Crippen LogP contribution in [0.5, 0.6) is 0 Å². The topological polar surface area (TPSA) is 62.9 Å². The van der Waals surface area contributed by atoms with Crippen LogP contribution >= 0.6 is 12.2 Å². The number of nitriles is 1. The predicted octanol–water partition coefficient (Wildman–Crippen LogP) is 1.44. The molecule has 0 aliphatic carbocycles. The van der Waals surface area contributed by atoms with Gasteiger partial charge in [-0.25, -0.2) is 0 Å². The van der Waals surface area contributed by atoms with E-state index in [1.165, 1.54) is 13.8 Å². The van der Waals surface area contributed by atoms with Crippen molar-refractivity contribution in [3.8, 4) is 6.19 Å². The molecule has 0 spiro atoms. The summed E-state index contributed by atoms with van der Waals surface area (Å²) in [5, 5.41) is 8.24. The second kappa shape index (κ2) is 13.7. The van der Waals surface area contributed by atoms with E-state index < -0.39 is 0 Å². The maximum absolute atomic E-state index is 9.44. The summed E-state index contributed by atoms with van der Waals surface area (Å²) < 4.78 is 0. The van der Waals surface area contributed by atoms with Gasteiger partial charge in [0.1, 0.15) is 5.78 Å². The number of nitrogens with zero attached hydrogens (tertiary/aromatic N) is 5. The zero-order chi connectivity index (χ0) is 16.9. The number of hydrogen-bond acceptors (Lipinski definition) is 4. The molecule has 0 aromatic rings. The molecular weight excluding hydrogens is 274 g/mol. The molecule has 0 N–H and O–H groups in total. The van der Waals surface area contributed by atoms with Gasteiger partial charge in [0.25, 0.3) is 0 Å². The number of thiocarbonyl (C=S) groups is 1. The third kappa shape index (κ3) is 21.6. The minimum atomic E-state index is 0.167. The largest absolute Gasteiger partial charge is 0.373 e. The van der Waals surface area contributed by atoms with Crippen LogP contribution in [0.2, 0.25) is 0 Å². The maximum atomic E-state index is 9.44. The Bertz CT molecular complexity index is 342. The van der Waals surface area contributed by atoms with Crippen LogP contribution in [0, 0.1) is 11.5 Å². The van der Waals surface area contributed by atoms with E-state index in [0.717, 1.165) is 4.99 Å². The van der Waals surface area contributed by atoms with Crippen molar-refractivity contribution in [1.29, 1.82) is 5.26 Å². The summed E-state index contributed by atoms with van der Waals surface area (Å²) in [6.07, 6.45) is 1.74. The van der Waals surface area contributed by atoms with E-state index in [1.54, 1.807) is 16.0 Å². The lowest BCUT2D eigenvalue weighted by Gasteiger charge is -2.20. The van der Waals surface area contributed by atoms with Crippen LogP contribution < -0.4 is 0 Å². The van der Waals surface area contributed by atoms with Gasteiger partial charge < -0.3 is 19.5 Å². The van der Waals surface area contributed by atoms with Gasteiger partial charge in [0.2, 0.25) is 12.2 Å². The summed E-state index contributed by atoms with van der Waals surface area (Å²) in [6, 6.07) is 0. The lowest BCUT2D eigenvalue weighted by atomic mass is 10.6. The monoisotopic (exact) mass is 301 g/mol. The number of Topliss-reactive ketones (excluding diaryl/α,β-unsaturated/α-hetero) is 1. The molecule has 0 atom stereocenters. The number of guanidine groups is 1. The standard InChI is InChI=1S/C6H12N4.C4H9NS.C3H6O/c1-9(2)6(8-5-7)10(3)4;1-4(6)5(2)3;1-3(2)4/h1-4H3;1-3H3;1-2H3. The first-order valence-electron chi connectivity index (χ1n) is 5.93. The second-order valence-electron chi connectivity index (χ2n) is 4.62. The number of carbonyl (C=O) groups excluding carboxylic acids is 1. The third-order valence-electron chi connectivity index (χ3n) is 1.58. The Kier molecular flexibility index (Phi) is 16.1. The highest BCUT2D eigenvalue weighted by Crippen LogP contribution is 1.86. The average Bonchev–Trinajstić information content (AvgIpc) is 2.24. The first-order valence-corrected chi connectivity index (χ1v) is 6.34. The number of hydrogen-bond donors (Lipinski definition) is 0. The highest BCUT2D eigenvalue weighted by molar-refractivity contribution is 7.80. The lowest BCUT2D eigenvalue weighted by Crippen LogP contribution is -2.35. The van der Waals surface area contributed by atoms with Crippen molar-refractivity contribution in [1.82, 2.24) is 14.7 Å². The Morgan fingerprint density at radius 2 is 1.20 bits per heavy atom. The molecule has 0 aliphatic rings. The quantitative estimate of drug-likeness (QED) is 0.292. The van der Waals surface area contributed by atoms with E-state index in [0.29, 0.717) is 5.96 Å². The third-order valence-corrected chi connectivity index (χ3v) is 1.94. The van der Waals surface area contributed by atoms with Crippen molar-refractivity contribution < 1.29 is 4.79 Å². The molecule has 7 heteroatoms. The van der Waals surface area contributed by atoms with Crippen LogP contribution in [0.1, 0.15) is 20.8 Å². The zero-order valence-electron chi connectivity index (χ0n) is 14.1. The first-order chi connectivity index (χ1) is 8.97. The molecule has 0 aromatic heterocycles. The van der Waals surface area contributed by atoms with Gasteiger partial charge in [-0.15, -0.1) is 4.99 Å². The molecule has 6 nitrogen and oxygen atoms in total. The molecule has 0 fully saturated rings. The number of rotatable bonds is 0. The molecule has 0 aromatic carbocycles. The van der Waals surface area contributed by atoms with Gasteiger partial charge in [-0.2, -0.15) is 5.26 Å². The van der Waals surface area contributed by atoms with Gasteiger partial charge in [0, 0.05) is 42.3 Å². The van der Waals surface area contributed by atoms with Crippen LogP contribution in [0.15, 0.2) is 4.99 Å². The van der Waals surface area contributed by atoms with Crippen LogP contribution in [0.25, 0.3) is 0 Å². The van der Waals surface area contributed by atoms with Gasteiger partial charge in [-0.05, 0) is 20.8 Å². The summed E-state index contributed by atoms with van der Waals surface area (Å²) >= 11 is 4.75. The SMILES string of the molecule is CC(=S)N(C)C.CC(C)=O.CN(C)C(=NC#N)N(C)C. The molecule has 20 heavy (non-hydrogen) atoms. The van der Waals surface area contributed by atoms with E-state index in [-0.39, 0.29) is 5.78 Å². The number of aliphatic imine (C=N–C) groups is 1. The van der Waals surface area contributed by atoms with Gasteiger partial charge in [0.05, 0.1) is 4.99 Å². The van der Waals surface area contributed by atoms with Crippen molar-refractivity contribution in [2.24, 2.45) is 4.99 Å². The van der Waals surface area contributed by atoms with Crippen LogP contribution in [0.4, 0.5) is 0 Å². The Balaban J connectivity index is -0.000000246. The summed E-state index contributed by atoms with van der Waals surface area (Å²) in [7, 11) is 11.2. The molecule has 0 bridgehead atoms. The Labute approximate surface area is 128 Å². The molecule has 0 aliphatic heterocycles. The summed E-state index contributed by atoms with van der Waals surface area (Å²) in [5.74, 6) is 0.822. The highest BCUT2D eigenvalue weighted by atomic mass is 32.1. The summed E-state index contributed by atoms with van der Waals surface area (Å²) in [5.41, 5.74) is 0. The van der Waals surface area contributed by atoms with Crippen molar-refractivity contribution in [2.75, 3.05) is 42.3 Å². The van der Waals surface area contributed by atoms with E-state index in [4.69, 9.17) is 17.5 Å². The van der Waals surface area contributed by atoms with E-state index in [2.05, 4.69) is 4.99 Å². The van der Waals surface area contributed by atoms with E-state index >= 15 is 0 Å². The van der Waals surface area contributed by atoms with E-state index in [1.807, 2.05) is 54.1 Å². The van der Waals surface area contributed by atoms with Crippen molar-refractivity contribution in [3.05, 3.63) is 0 Å². The molecule has 0 unspecified atom stereocenters. The highest BCUT2D eigenvalue weighted by Gasteiger charge is 2.01. The smallest absolute Gasteiger partial charge is 0.211 e. The number of ketones is 1. The molecule has 0 rings (SSSR count). The minimum Gasteiger partial charge on any atom is -0.373 e. The molecular formula is C13H27N5OS.